The van der Waals surface area contributed by atoms with E-state index in [9.17, 15) is 9.90 Å². The molecule has 1 atom stereocenters. The molecule has 1 unspecified atom stereocenters. The molecule has 0 radical (unpaired) electrons. The van der Waals surface area contributed by atoms with E-state index in [0.29, 0.717) is 13.0 Å². The first-order chi connectivity index (χ1) is 12.1. The molecule has 1 aromatic carbocycles. The monoisotopic (exact) mass is 341 g/mol. The molecule has 1 aliphatic heterocycles. The summed E-state index contributed by atoms with van der Waals surface area (Å²) >= 11 is 0. The highest BCUT2D eigenvalue weighted by molar-refractivity contribution is 5.89. The third-order valence-electron chi connectivity index (χ3n) is 6.27. The predicted molar refractivity (Wildman–Crippen MR) is 102 cm³/mol. The van der Waals surface area contributed by atoms with E-state index in [2.05, 4.69) is 31.2 Å². The van der Waals surface area contributed by atoms with Crippen molar-refractivity contribution in [3.05, 3.63) is 41.5 Å². The Balaban J connectivity index is 1.72. The Morgan fingerprint density at radius 3 is 2.72 bits per heavy atom. The van der Waals surface area contributed by atoms with E-state index in [0.717, 1.165) is 37.8 Å². The first kappa shape index (κ1) is 18.2. The van der Waals surface area contributed by atoms with Gasteiger partial charge in [0.25, 0.3) is 0 Å². The van der Waals surface area contributed by atoms with Gasteiger partial charge in [-0.15, -0.1) is 0 Å². The second-order valence-corrected chi connectivity index (χ2v) is 7.69. The fraction of sp³-hybridized carbons (Fsp3) is 0.591. The van der Waals surface area contributed by atoms with Crippen LogP contribution < -0.4 is 0 Å². The SMILES string of the molecule is C/C=C(/CC(=O)N1CCC(O)C2(CCCC2)C1)c1ccccc1CC. The Kier molecular flexibility index (Phi) is 5.63. The Hall–Kier alpha value is -1.61. The smallest absolute Gasteiger partial charge is 0.227 e. The lowest BCUT2D eigenvalue weighted by molar-refractivity contribution is -0.138. The highest BCUT2D eigenvalue weighted by Gasteiger charge is 2.45. The first-order valence-electron chi connectivity index (χ1n) is 9.79. The summed E-state index contributed by atoms with van der Waals surface area (Å²) in [6, 6.07) is 8.38. The van der Waals surface area contributed by atoms with Gasteiger partial charge in [0, 0.05) is 18.5 Å². The number of carbonyl (C=O) groups excluding carboxylic acids is 1. The molecule has 1 aliphatic carbocycles. The summed E-state index contributed by atoms with van der Waals surface area (Å²) in [7, 11) is 0. The van der Waals surface area contributed by atoms with Crippen LogP contribution >= 0.6 is 0 Å². The molecule has 1 amide bonds. The van der Waals surface area contributed by atoms with Crippen molar-refractivity contribution in [3.8, 4) is 0 Å². The second-order valence-electron chi connectivity index (χ2n) is 7.69. The van der Waals surface area contributed by atoms with Crippen molar-refractivity contribution in [3.63, 3.8) is 0 Å². The number of carbonyl (C=O) groups is 1. The number of amides is 1. The fourth-order valence-electron chi connectivity index (χ4n) is 4.70. The van der Waals surface area contributed by atoms with Crippen LogP contribution in [0.5, 0.6) is 0 Å². The summed E-state index contributed by atoms with van der Waals surface area (Å²) in [5.74, 6) is 0.206. The average molecular weight is 341 g/mol. The second kappa shape index (κ2) is 7.74. The Morgan fingerprint density at radius 2 is 2.04 bits per heavy atom. The van der Waals surface area contributed by atoms with Gasteiger partial charge in [0.15, 0.2) is 0 Å². The van der Waals surface area contributed by atoms with Gasteiger partial charge >= 0.3 is 0 Å². The van der Waals surface area contributed by atoms with Gasteiger partial charge in [-0.25, -0.2) is 0 Å². The van der Waals surface area contributed by atoms with E-state index in [1.54, 1.807) is 0 Å². The number of benzene rings is 1. The molecule has 3 heteroatoms. The van der Waals surface area contributed by atoms with Gasteiger partial charge in [0.05, 0.1) is 12.5 Å². The number of piperidine rings is 1. The summed E-state index contributed by atoms with van der Waals surface area (Å²) in [6.45, 7) is 5.60. The van der Waals surface area contributed by atoms with Crippen LogP contribution in [-0.4, -0.2) is 35.1 Å². The normalized spacial score (nSPS) is 23.2. The molecule has 1 N–H and O–H groups in total. The Bertz CT molecular complexity index is 643. The van der Waals surface area contributed by atoms with Gasteiger partial charge in [0.2, 0.25) is 5.91 Å². The van der Waals surface area contributed by atoms with E-state index in [1.165, 1.54) is 24.0 Å². The lowest BCUT2D eigenvalue weighted by Crippen LogP contribution is -2.52. The highest BCUT2D eigenvalue weighted by Crippen LogP contribution is 2.45. The van der Waals surface area contributed by atoms with Crippen molar-refractivity contribution in [1.82, 2.24) is 4.90 Å². The van der Waals surface area contributed by atoms with Crippen LogP contribution in [0, 0.1) is 5.41 Å². The van der Waals surface area contributed by atoms with Crippen LogP contribution in [0.4, 0.5) is 0 Å². The van der Waals surface area contributed by atoms with E-state index in [4.69, 9.17) is 0 Å². The summed E-state index contributed by atoms with van der Waals surface area (Å²) in [6.07, 6.45) is 8.49. The molecule has 0 bridgehead atoms. The molecule has 3 nitrogen and oxygen atoms in total. The van der Waals surface area contributed by atoms with Crippen molar-refractivity contribution in [2.24, 2.45) is 5.41 Å². The maximum absolute atomic E-state index is 13.0. The minimum atomic E-state index is -0.235. The van der Waals surface area contributed by atoms with Crippen molar-refractivity contribution in [2.75, 3.05) is 13.1 Å². The largest absolute Gasteiger partial charge is 0.392 e. The van der Waals surface area contributed by atoms with Gasteiger partial charge in [0.1, 0.15) is 0 Å². The molecule has 0 aromatic heterocycles. The molecule has 2 fully saturated rings. The van der Waals surface area contributed by atoms with Crippen LogP contribution in [0.3, 0.4) is 0 Å². The van der Waals surface area contributed by atoms with Crippen LogP contribution in [-0.2, 0) is 11.2 Å². The molecule has 2 aliphatic rings. The first-order valence-corrected chi connectivity index (χ1v) is 9.79. The van der Waals surface area contributed by atoms with Crippen LogP contribution in [0.15, 0.2) is 30.3 Å². The zero-order valence-corrected chi connectivity index (χ0v) is 15.6. The van der Waals surface area contributed by atoms with E-state index < -0.39 is 0 Å². The Labute approximate surface area is 151 Å². The highest BCUT2D eigenvalue weighted by atomic mass is 16.3. The number of allylic oxidation sites excluding steroid dienone is 1. The molecular weight excluding hydrogens is 310 g/mol. The van der Waals surface area contributed by atoms with Gasteiger partial charge in [-0.3, -0.25) is 4.79 Å². The molecule has 136 valence electrons. The summed E-state index contributed by atoms with van der Waals surface area (Å²) in [5.41, 5.74) is 3.58. The predicted octanol–water partition coefficient (Wildman–Crippen LogP) is 4.20. The number of hydrogen-bond donors (Lipinski definition) is 1. The van der Waals surface area contributed by atoms with Crippen molar-refractivity contribution in [2.45, 2.75) is 64.9 Å². The standard InChI is InChI=1S/C22H31NO2/c1-3-17-9-5-6-10-19(17)18(4-2)15-21(25)23-14-11-20(24)22(16-23)12-7-8-13-22/h4-6,9-10,20,24H,3,7-8,11-16H2,1-2H3/b18-4-. The van der Waals surface area contributed by atoms with Gasteiger partial charge in [-0.1, -0.05) is 50.1 Å². The maximum atomic E-state index is 13.0. The molecule has 25 heavy (non-hydrogen) atoms. The molecular formula is C22H31NO2. The van der Waals surface area contributed by atoms with Crippen molar-refractivity contribution < 1.29 is 9.90 Å². The number of likely N-dealkylation sites (tertiary alicyclic amines) is 1. The van der Waals surface area contributed by atoms with Gasteiger partial charge < -0.3 is 10.0 Å². The number of aliphatic hydroxyl groups is 1. The topological polar surface area (TPSA) is 40.5 Å². The quantitative estimate of drug-likeness (QED) is 0.892. The number of aryl methyl sites for hydroxylation is 1. The zero-order valence-electron chi connectivity index (χ0n) is 15.6. The van der Waals surface area contributed by atoms with E-state index in [-0.39, 0.29) is 17.4 Å². The number of aliphatic hydroxyl groups excluding tert-OH is 1. The zero-order chi connectivity index (χ0) is 17.9. The third-order valence-corrected chi connectivity index (χ3v) is 6.27. The minimum Gasteiger partial charge on any atom is -0.392 e. The summed E-state index contributed by atoms with van der Waals surface area (Å²) in [4.78, 5) is 15.0. The molecule has 1 aromatic rings. The van der Waals surface area contributed by atoms with E-state index >= 15 is 0 Å². The van der Waals surface area contributed by atoms with Crippen LogP contribution in [0.2, 0.25) is 0 Å². The molecule has 1 saturated heterocycles. The third kappa shape index (κ3) is 3.67. The average Bonchev–Trinajstić information content (AvgIpc) is 3.11. The fourth-order valence-corrected chi connectivity index (χ4v) is 4.70. The number of rotatable bonds is 4. The summed E-state index contributed by atoms with van der Waals surface area (Å²) in [5, 5.41) is 10.5. The lowest BCUT2D eigenvalue weighted by Gasteiger charge is -2.44. The van der Waals surface area contributed by atoms with Gasteiger partial charge in [-0.05, 0) is 49.3 Å². The van der Waals surface area contributed by atoms with Gasteiger partial charge in [-0.2, -0.15) is 0 Å². The minimum absolute atomic E-state index is 0.0364. The Morgan fingerprint density at radius 1 is 1.32 bits per heavy atom. The van der Waals surface area contributed by atoms with Crippen molar-refractivity contribution >= 4 is 11.5 Å². The maximum Gasteiger partial charge on any atom is 0.227 e. The van der Waals surface area contributed by atoms with Crippen LogP contribution in [0.25, 0.3) is 5.57 Å². The number of hydrogen-bond acceptors (Lipinski definition) is 2. The molecule has 1 spiro atoms. The number of nitrogens with zero attached hydrogens (tertiary/aromatic N) is 1. The molecule has 1 heterocycles. The molecule has 3 rings (SSSR count). The van der Waals surface area contributed by atoms with Crippen LogP contribution in [0.1, 0.15) is 63.5 Å². The molecule has 1 saturated carbocycles. The lowest BCUT2D eigenvalue weighted by atomic mass is 9.76. The van der Waals surface area contributed by atoms with Crippen molar-refractivity contribution in [1.29, 1.82) is 0 Å². The summed E-state index contributed by atoms with van der Waals surface area (Å²) < 4.78 is 0. The van der Waals surface area contributed by atoms with E-state index in [1.807, 2.05) is 17.9 Å².